The van der Waals surface area contributed by atoms with Gasteiger partial charge in [-0.05, 0) is 24.2 Å². The maximum absolute atomic E-state index is 8.72. The fraction of sp³-hybridized carbons (Fsp3) is 0.417. The topological polar surface area (TPSA) is 33.0 Å². The van der Waals surface area contributed by atoms with Gasteiger partial charge in [-0.15, -0.1) is 0 Å². The van der Waals surface area contributed by atoms with Gasteiger partial charge in [0.05, 0.1) is 18.2 Å². The molecule has 0 N–H and O–H groups in total. The first-order chi connectivity index (χ1) is 7.01. The molecule has 0 aliphatic heterocycles. The molecule has 15 heavy (non-hydrogen) atoms. The monoisotopic (exact) mass is 219 g/mol. The minimum Gasteiger partial charge on any atom is -0.494 e. The zero-order valence-electron chi connectivity index (χ0n) is 9.58. The molecule has 1 aromatic carbocycles. The average Bonchev–Trinajstić information content (AvgIpc) is 2.16. The molecule has 0 aliphatic carbocycles. The van der Waals surface area contributed by atoms with Crippen molar-refractivity contribution in [1.29, 1.82) is 5.26 Å². The van der Waals surface area contributed by atoms with Crippen LogP contribution in [-0.2, 0) is 0 Å². The van der Waals surface area contributed by atoms with E-state index in [0.717, 1.165) is 18.4 Å². The maximum Gasteiger partial charge on any atom is 0.120 e. The summed E-state index contributed by atoms with van der Waals surface area (Å²) in [7, 11) is -1.02. The molecule has 3 heteroatoms. The van der Waals surface area contributed by atoms with Crippen LogP contribution in [0.2, 0.25) is 25.7 Å². The third-order valence-electron chi connectivity index (χ3n) is 2.08. The molecule has 1 rings (SSSR count). The van der Waals surface area contributed by atoms with Gasteiger partial charge in [0.25, 0.3) is 0 Å². The Labute approximate surface area is 92.5 Å². The molecule has 0 amide bonds. The Morgan fingerprint density at radius 2 is 2.07 bits per heavy atom. The van der Waals surface area contributed by atoms with Crippen molar-refractivity contribution in [2.45, 2.75) is 25.7 Å². The normalized spacial score (nSPS) is 10.8. The van der Waals surface area contributed by atoms with Gasteiger partial charge in [-0.1, -0.05) is 25.7 Å². The summed E-state index contributed by atoms with van der Waals surface area (Å²) in [6.07, 6.45) is 0. The molecule has 0 atom stereocenters. The first-order valence-electron chi connectivity index (χ1n) is 5.14. The van der Waals surface area contributed by atoms with Crippen LogP contribution in [0.4, 0.5) is 0 Å². The molecular formula is C12H17NOSi. The average molecular weight is 219 g/mol. The summed E-state index contributed by atoms with van der Waals surface area (Å²) in [5.41, 5.74) is 0.653. The van der Waals surface area contributed by atoms with E-state index < -0.39 is 8.07 Å². The van der Waals surface area contributed by atoms with Crippen LogP contribution in [-0.4, -0.2) is 14.7 Å². The number of benzene rings is 1. The lowest BCUT2D eigenvalue weighted by Crippen LogP contribution is -2.22. The lowest BCUT2D eigenvalue weighted by atomic mass is 10.2. The van der Waals surface area contributed by atoms with Crippen LogP contribution in [0.5, 0.6) is 5.75 Å². The Morgan fingerprint density at radius 3 is 2.67 bits per heavy atom. The fourth-order valence-electron chi connectivity index (χ4n) is 1.13. The maximum atomic E-state index is 8.72. The van der Waals surface area contributed by atoms with E-state index in [1.54, 1.807) is 12.1 Å². The lowest BCUT2D eigenvalue weighted by Gasteiger charge is -2.15. The van der Waals surface area contributed by atoms with Crippen molar-refractivity contribution >= 4 is 8.07 Å². The van der Waals surface area contributed by atoms with Gasteiger partial charge in [-0.25, -0.2) is 0 Å². The van der Waals surface area contributed by atoms with Crippen LogP contribution in [0.15, 0.2) is 24.3 Å². The van der Waals surface area contributed by atoms with Crippen LogP contribution in [0.1, 0.15) is 5.56 Å². The highest BCUT2D eigenvalue weighted by Gasteiger charge is 2.12. The van der Waals surface area contributed by atoms with Crippen molar-refractivity contribution < 1.29 is 4.74 Å². The first kappa shape index (κ1) is 11.8. The van der Waals surface area contributed by atoms with Crippen molar-refractivity contribution in [3.8, 4) is 11.8 Å². The van der Waals surface area contributed by atoms with Crippen LogP contribution in [0, 0.1) is 11.3 Å². The highest BCUT2D eigenvalue weighted by molar-refractivity contribution is 6.76. The minimum atomic E-state index is -1.02. The highest BCUT2D eigenvalue weighted by atomic mass is 28.3. The summed E-state index contributed by atoms with van der Waals surface area (Å²) in [5, 5.41) is 8.72. The molecule has 0 radical (unpaired) electrons. The number of nitrogens with zero attached hydrogens (tertiary/aromatic N) is 1. The molecular weight excluding hydrogens is 202 g/mol. The predicted molar refractivity (Wildman–Crippen MR) is 64.8 cm³/mol. The highest BCUT2D eigenvalue weighted by Crippen LogP contribution is 2.14. The van der Waals surface area contributed by atoms with Crippen LogP contribution < -0.4 is 4.74 Å². The van der Waals surface area contributed by atoms with E-state index >= 15 is 0 Å². The van der Waals surface area contributed by atoms with Crippen molar-refractivity contribution in [3.05, 3.63) is 29.8 Å². The fourth-order valence-corrected chi connectivity index (χ4v) is 1.84. The molecule has 0 saturated heterocycles. The second-order valence-electron chi connectivity index (χ2n) is 4.80. The first-order valence-corrected chi connectivity index (χ1v) is 8.85. The van der Waals surface area contributed by atoms with Crippen molar-refractivity contribution in [3.63, 3.8) is 0 Å². The Balaban J connectivity index is 2.48. The molecule has 1 aromatic rings. The largest absolute Gasteiger partial charge is 0.494 e. The number of ether oxygens (including phenoxy) is 1. The van der Waals surface area contributed by atoms with Crippen molar-refractivity contribution in [2.24, 2.45) is 0 Å². The number of nitriles is 1. The van der Waals surface area contributed by atoms with Gasteiger partial charge in [-0.3, -0.25) is 0 Å². The van der Waals surface area contributed by atoms with Gasteiger partial charge < -0.3 is 4.74 Å². The quantitative estimate of drug-likeness (QED) is 0.728. The summed E-state index contributed by atoms with van der Waals surface area (Å²) in [4.78, 5) is 0. The second-order valence-corrected chi connectivity index (χ2v) is 10.4. The predicted octanol–water partition coefficient (Wildman–Crippen LogP) is 3.28. The molecule has 0 bridgehead atoms. The number of hydrogen-bond donors (Lipinski definition) is 0. The van der Waals surface area contributed by atoms with Gasteiger partial charge >= 0.3 is 0 Å². The van der Waals surface area contributed by atoms with E-state index in [2.05, 4.69) is 25.7 Å². The summed E-state index contributed by atoms with van der Waals surface area (Å²) in [6.45, 7) is 7.72. The molecule has 80 valence electrons. The van der Waals surface area contributed by atoms with Crippen LogP contribution in [0.25, 0.3) is 0 Å². The van der Waals surface area contributed by atoms with Crippen LogP contribution in [0.3, 0.4) is 0 Å². The number of hydrogen-bond acceptors (Lipinski definition) is 2. The number of rotatable bonds is 4. The molecule has 0 aromatic heterocycles. The van der Waals surface area contributed by atoms with Crippen molar-refractivity contribution in [2.75, 3.05) is 6.61 Å². The van der Waals surface area contributed by atoms with E-state index in [-0.39, 0.29) is 0 Å². The van der Waals surface area contributed by atoms with E-state index in [0.29, 0.717) is 5.56 Å². The molecule has 0 heterocycles. The zero-order chi connectivity index (χ0) is 11.3. The smallest absolute Gasteiger partial charge is 0.120 e. The molecule has 0 fully saturated rings. The SMILES string of the molecule is C[Si](C)(C)CCOc1cccc(C#N)c1. The minimum absolute atomic E-state index is 0.653. The van der Waals surface area contributed by atoms with Gasteiger partial charge in [0.2, 0.25) is 0 Å². The van der Waals surface area contributed by atoms with E-state index in [4.69, 9.17) is 10.00 Å². The van der Waals surface area contributed by atoms with Gasteiger partial charge in [0, 0.05) is 8.07 Å². The summed E-state index contributed by atoms with van der Waals surface area (Å²) >= 11 is 0. The van der Waals surface area contributed by atoms with E-state index in [1.165, 1.54) is 0 Å². The molecule has 0 unspecified atom stereocenters. The van der Waals surface area contributed by atoms with Gasteiger partial charge in [-0.2, -0.15) is 5.26 Å². The molecule has 0 spiro atoms. The lowest BCUT2D eigenvalue weighted by molar-refractivity contribution is 0.338. The summed E-state index contributed by atoms with van der Waals surface area (Å²) < 4.78 is 5.61. The second kappa shape index (κ2) is 4.99. The standard InChI is InChI=1S/C12H17NOSi/c1-15(2,3)8-7-14-12-6-4-5-11(9-12)10-13/h4-6,9H,7-8H2,1-3H3. The van der Waals surface area contributed by atoms with Gasteiger partial charge in [0.15, 0.2) is 0 Å². The third-order valence-corrected chi connectivity index (χ3v) is 3.79. The van der Waals surface area contributed by atoms with E-state index in [9.17, 15) is 0 Å². The van der Waals surface area contributed by atoms with Gasteiger partial charge in [0.1, 0.15) is 5.75 Å². The molecule has 0 saturated carbocycles. The Kier molecular flexibility index (Phi) is 3.93. The summed E-state index contributed by atoms with van der Waals surface area (Å²) in [6, 6.07) is 10.6. The Bertz CT molecular complexity index is 363. The van der Waals surface area contributed by atoms with Crippen molar-refractivity contribution in [1.82, 2.24) is 0 Å². The Hall–Kier alpha value is -1.27. The molecule has 2 nitrogen and oxygen atoms in total. The Morgan fingerprint density at radius 1 is 1.33 bits per heavy atom. The van der Waals surface area contributed by atoms with Crippen LogP contribution >= 0.6 is 0 Å². The summed E-state index contributed by atoms with van der Waals surface area (Å²) in [5.74, 6) is 0.798. The molecule has 0 aliphatic rings. The zero-order valence-corrected chi connectivity index (χ0v) is 10.6. The third kappa shape index (κ3) is 4.66. The van der Waals surface area contributed by atoms with E-state index in [1.807, 2.05) is 12.1 Å².